The van der Waals surface area contributed by atoms with Crippen LogP contribution in [0.1, 0.15) is 44.4 Å². The number of amides is 2. The number of nitrogens with zero attached hydrogens (tertiary/aromatic N) is 5. The van der Waals surface area contributed by atoms with E-state index in [1.54, 1.807) is 13.0 Å². The van der Waals surface area contributed by atoms with E-state index in [9.17, 15) is 9.90 Å². The summed E-state index contributed by atoms with van der Waals surface area (Å²) in [6.07, 6.45) is 2.62. The first-order valence-corrected chi connectivity index (χ1v) is 8.51. The topological polar surface area (TPSA) is 109 Å². The second kappa shape index (κ2) is 7.22. The van der Waals surface area contributed by atoms with Gasteiger partial charge in [0.05, 0.1) is 6.10 Å². The molecule has 2 atom stereocenters. The Kier molecular flexibility index (Phi) is 5.03. The minimum atomic E-state index is -0.619. The fourth-order valence-electron chi connectivity index (χ4n) is 2.85. The number of hydrogen-bond acceptors (Lipinski definition) is 6. The zero-order valence-electron chi connectivity index (χ0n) is 14.7. The third-order valence-electron chi connectivity index (χ3n) is 4.18. The molecule has 136 valence electrons. The molecule has 9 heteroatoms. The Bertz CT molecular complexity index is 725. The average Bonchev–Trinajstić information content (AvgIpc) is 3.25. The molecule has 0 radical (unpaired) electrons. The molecule has 0 saturated carbocycles. The first-order chi connectivity index (χ1) is 11.9. The zero-order valence-corrected chi connectivity index (χ0v) is 14.7. The first-order valence-electron chi connectivity index (χ1n) is 8.51. The van der Waals surface area contributed by atoms with E-state index in [0.29, 0.717) is 29.9 Å². The fraction of sp³-hybridized carbons (Fsp3) is 0.625. The van der Waals surface area contributed by atoms with Gasteiger partial charge in [-0.2, -0.15) is 10.1 Å². The van der Waals surface area contributed by atoms with Crippen molar-refractivity contribution >= 4 is 11.8 Å². The molecule has 0 aliphatic carbocycles. The molecule has 1 aliphatic heterocycles. The van der Waals surface area contributed by atoms with Gasteiger partial charge in [-0.15, -0.1) is 0 Å². The number of rotatable bonds is 5. The second-order valence-corrected chi connectivity index (χ2v) is 6.81. The van der Waals surface area contributed by atoms with E-state index < -0.39 is 12.1 Å². The van der Waals surface area contributed by atoms with Crippen molar-refractivity contribution in [3.63, 3.8) is 0 Å². The number of anilines is 1. The van der Waals surface area contributed by atoms with Crippen molar-refractivity contribution in [1.29, 1.82) is 0 Å². The summed E-state index contributed by atoms with van der Waals surface area (Å²) in [7, 11) is 0. The van der Waals surface area contributed by atoms with Crippen LogP contribution in [0.15, 0.2) is 16.8 Å². The van der Waals surface area contributed by atoms with E-state index in [4.69, 9.17) is 4.52 Å². The summed E-state index contributed by atoms with van der Waals surface area (Å²) in [6.45, 7) is 7.05. The van der Waals surface area contributed by atoms with Gasteiger partial charge in [0.1, 0.15) is 6.04 Å². The number of hydrogen-bond donors (Lipinski definition) is 2. The number of aliphatic hydroxyl groups is 1. The molecule has 2 aromatic heterocycles. The lowest BCUT2D eigenvalue weighted by Crippen LogP contribution is -2.35. The summed E-state index contributed by atoms with van der Waals surface area (Å²) < 4.78 is 6.98. The number of carbonyl (C=O) groups excluding carboxylic acids is 1. The Morgan fingerprint density at radius 2 is 2.32 bits per heavy atom. The molecular weight excluding hydrogens is 324 g/mol. The predicted octanol–water partition coefficient (Wildman–Crippen LogP) is 1.96. The molecule has 2 aromatic rings. The number of likely N-dealkylation sites (tertiary alicyclic amines) is 1. The third-order valence-corrected chi connectivity index (χ3v) is 4.18. The van der Waals surface area contributed by atoms with Crippen LogP contribution in [0, 0.1) is 12.8 Å². The average molecular weight is 348 g/mol. The van der Waals surface area contributed by atoms with Crippen molar-refractivity contribution in [2.75, 3.05) is 11.9 Å². The van der Waals surface area contributed by atoms with Crippen LogP contribution in [0.2, 0.25) is 0 Å². The Hall–Kier alpha value is -2.42. The number of β-amino-alcohol motifs (C(OH)–C–C–N with tert-alkyl or cyclic N) is 1. The van der Waals surface area contributed by atoms with E-state index in [1.165, 1.54) is 4.90 Å². The smallest absolute Gasteiger partial charge is 0.323 e. The lowest BCUT2D eigenvalue weighted by molar-refractivity contribution is 0.174. The predicted molar refractivity (Wildman–Crippen MR) is 89.8 cm³/mol. The van der Waals surface area contributed by atoms with Gasteiger partial charge in [-0.05, 0) is 19.3 Å². The Labute approximate surface area is 146 Å². The second-order valence-electron chi connectivity index (χ2n) is 6.81. The van der Waals surface area contributed by atoms with Gasteiger partial charge >= 0.3 is 6.03 Å². The quantitative estimate of drug-likeness (QED) is 0.855. The monoisotopic (exact) mass is 348 g/mol. The lowest BCUT2D eigenvalue weighted by Gasteiger charge is -2.21. The number of aromatic nitrogens is 4. The van der Waals surface area contributed by atoms with Gasteiger partial charge in [0.2, 0.25) is 5.89 Å². The molecule has 0 aromatic carbocycles. The maximum Gasteiger partial charge on any atom is 0.323 e. The van der Waals surface area contributed by atoms with Crippen LogP contribution in [0.25, 0.3) is 0 Å². The number of aliphatic hydroxyl groups excluding tert-OH is 1. The molecule has 25 heavy (non-hydrogen) atoms. The Balaban J connectivity index is 1.65. The van der Waals surface area contributed by atoms with Crippen molar-refractivity contribution in [3.05, 3.63) is 24.0 Å². The first kappa shape index (κ1) is 17.4. The third kappa shape index (κ3) is 4.16. The van der Waals surface area contributed by atoms with Gasteiger partial charge in [0, 0.05) is 31.8 Å². The van der Waals surface area contributed by atoms with Crippen molar-refractivity contribution < 1.29 is 14.4 Å². The summed E-state index contributed by atoms with van der Waals surface area (Å²) >= 11 is 0. The molecule has 0 unspecified atom stereocenters. The molecule has 3 rings (SSSR count). The molecule has 0 spiro atoms. The van der Waals surface area contributed by atoms with Crippen LogP contribution in [0.5, 0.6) is 0 Å². The van der Waals surface area contributed by atoms with E-state index in [1.807, 2.05) is 10.9 Å². The summed E-state index contributed by atoms with van der Waals surface area (Å²) in [4.78, 5) is 18.3. The number of aryl methyl sites for hydroxylation is 2. The van der Waals surface area contributed by atoms with Gasteiger partial charge in [0.15, 0.2) is 11.6 Å². The molecule has 1 saturated heterocycles. The van der Waals surface area contributed by atoms with E-state index in [0.717, 1.165) is 13.0 Å². The highest BCUT2D eigenvalue weighted by molar-refractivity contribution is 5.88. The van der Waals surface area contributed by atoms with Crippen molar-refractivity contribution in [2.45, 2.75) is 52.3 Å². The van der Waals surface area contributed by atoms with E-state index in [-0.39, 0.29) is 12.6 Å². The van der Waals surface area contributed by atoms with Gasteiger partial charge in [-0.3, -0.25) is 10.00 Å². The van der Waals surface area contributed by atoms with Gasteiger partial charge in [-0.25, -0.2) is 4.79 Å². The van der Waals surface area contributed by atoms with Crippen LogP contribution < -0.4 is 5.32 Å². The number of carbonyl (C=O) groups is 1. The summed E-state index contributed by atoms with van der Waals surface area (Å²) in [6, 6.07) is 0.988. The highest BCUT2D eigenvalue weighted by Gasteiger charge is 2.38. The molecule has 2 amide bonds. The molecule has 3 heterocycles. The maximum absolute atomic E-state index is 12.6. The van der Waals surface area contributed by atoms with E-state index in [2.05, 4.69) is 34.4 Å². The van der Waals surface area contributed by atoms with Gasteiger partial charge < -0.3 is 14.5 Å². The van der Waals surface area contributed by atoms with Crippen LogP contribution in [0.4, 0.5) is 10.6 Å². The molecule has 0 bridgehead atoms. The van der Waals surface area contributed by atoms with Crippen LogP contribution >= 0.6 is 0 Å². The Morgan fingerprint density at radius 1 is 1.52 bits per heavy atom. The largest absolute Gasteiger partial charge is 0.391 e. The van der Waals surface area contributed by atoms with Gasteiger partial charge in [-0.1, -0.05) is 19.0 Å². The normalized spacial score (nSPS) is 20.4. The highest BCUT2D eigenvalue weighted by Crippen LogP contribution is 2.31. The minimum absolute atomic E-state index is 0.214. The van der Waals surface area contributed by atoms with Crippen LogP contribution in [0.3, 0.4) is 0 Å². The minimum Gasteiger partial charge on any atom is -0.391 e. The molecule has 9 nitrogen and oxygen atoms in total. The Morgan fingerprint density at radius 3 is 3.00 bits per heavy atom. The summed E-state index contributed by atoms with van der Waals surface area (Å²) in [5.41, 5.74) is 0. The number of nitrogens with one attached hydrogen (secondary N) is 1. The van der Waals surface area contributed by atoms with Crippen molar-refractivity contribution in [3.8, 4) is 0 Å². The standard InChI is InChI=1S/C16H24N6O3/c1-10(2)4-6-21-7-5-14(19-21)18-16(24)22-9-12(23)8-13(22)15-17-11(3)20-25-15/h5,7,10,12-13,23H,4,6,8-9H2,1-3H3,(H,18,19,24)/t12-,13-/m1/s1. The fourth-order valence-corrected chi connectivity index (χ4v) is 2.85. The molecule has 2 N–H and O–H groups in total. The molecular formula is C16H24N6O3. The van der Waals surface area contributed by atoms with Crippen molar-refractivity contribution in [2.24, 2.45) is 5.92 Å². The SMILES string of the molecule is Cc1noc([C@H]2C[C@@H](O)CN2C(=O)Nc2ccn(CCC(C)C)n2)n1. The van der Waals surface area contributed by atoms with Gasteiger partial charge in [0.25, 0.3) is 0 Å². The summed E-state index contributed by atoms with van der Waals surface area (Å²) in [5.74, 6) is 1.91. The number of urea groups is 1. The molecule has 1 fully saturated rings. The highest BCUT2D eigenvalue weighted by atomic mass is 16.5. The zero-order chi connectivity index (χ0) is 18.0. The van der Waals surface area contributed by atoms with E-state index >= 15 is 0 Å². The van der Waals surface area contributed by atoms with Crippen LogP contribution in [-0.2, 0) is 6.54 Å². The lowest BCUT2D eigenvalue weighted by atomic mass is 10.1. The summed E-state index contributed by atoms with van der Waals surface area (Å²) in [5, 5.41) is 20.8. The maximum atomic E-state index is 12.6. The molecule has 1 aliphatic rings. The van der Waals surface area contributed by atoms with Crippen molar-refractivity contribution in [1.82, 2.24) is 24.8 Å². The van der Waals surface area contributed by atoms with Crippen LogP contribution in [-0.4, -0.2) is 48.6 Å².